The standard InChI is InChI=1S/C19H16F4O5/c1-2-25-16(24)7-4-8-26-18-13(20)9-11(10-14(18)21)12-5-3-6-15-17(12)28-19(22,23)27-15/h3,5-6,9-10H,2,4,7-8H2,1H3. The van der Waals surface area contributed by atoms with Gasteiger partial charge in [-0.3, -0.25) is 4.79 Å². The molecule has 0 bridgehead atoms. The minimum atomic E-state index is -3.85. The van der Waals surface area contributed by atoms with Crippen molar-refractivity contribution in [2.45, 2.75) is 26.1 Å². The summed E-state index contributed by atoms with van der Waals surface area (Å²) in [6.45, 7) is 1.81. The largest absolute Gasteiger partial charge is 0.586 e. The van der Waals surface area contributed by atoms with Crippen LogP contribution < -0.4 is 14.2 Å². The van der Waals surface area contributed by atoms with Crippen molar-refractivity contribution in [1.29, 1.82) is 0 Å². The van der Waals surface area contributed by atoms with Crippen molar-refractivity contribution in [3.8, 4) is 28.4 Å². The van der Waals surface area contributed by atoms with Crippen LogP contribution in [0.15, 0.2) is 30.3 Å². The summed E-state index contributed by atoms with van der Waals surface area (Å²) in [4.78, 5) is 11.2. The second-order valence-corrected chi connectivity index (χ2v) is 5.83. The zero-order valence-corrected chi connectivity index (χ0v) is 14.8. The summed E-state index contributed by atoms with van der Waals surface area (Å²) in [7, 11) is 0. The molecule has 0 saturated heterocycles. The number of esters is 1. The Morgan fingerprint density at radius 3 is 2.54 bits per heavy atom. The van der Waals surface area contributed by atoms with Crippen molar-refractivity contribution in [3.05, 3.63) is 42.0 Å². The second kappa shape index (κ2) is 7.95. The molecule has 3 rings (SSSR count). The van der Waals surface area contributed by atoms with Crippen LogP contribution >= 0.6 is 0 Å². The summed E-state index contributed by atoms with van der Waals surface area (Å²) < 4.78 is 73.8. The van der Waals surface area contributed by atoms with Crippen molar-refractivity contribution < 1.29 is 41.3 Å². The Labute approximate surface area is 157 Å². The number of ether oxygens (including phenoxy) is 4. The summed E-state index contributed by atoms with van der Waals surface area (Å²) in [5.41, 5.74) is 0.0216. The van der Waals surface area contributed by atoms with Crippen LogP contribution in [0.1, 0.15) is 19.8 Å². The molecule has 0 atom stereocenters. The third-order valence-corrected chi connectivity index (χ3v) is 3.81. The molecule has 0 unspecified atom stereocenters. The summed E-state index contributed by atoms with van der Waals surface area (Å²) in [5.74, 6) is -3.64. The summed E-state index contributed by atoms with van der Waals surface area (Å²) in [6.07, 6.45) is -3.58. The van der Waals surface area contributed by atoms with Gasteiger partial charge in [-0.2, -0.15) is 0 Å². The maximum absolute atomic E-state index is 14.3. The van der Waals surface area contributed by atoms with Crippen molar-refractivity contribution in [1.82, 2.24) is 0 Å². The molecule has 0 N–H and O–H groups in total. The number of halogens is 4. The van der Waals surface area contributed by atoms with Gasteiger partial charge in [0.2, 0.25) is 0 Å². The Morgan fingerprint density at radius 2 is 1.86 bits per heavy atom. The molecule has 0 amide bonds. The van der Waals surface area contributed by atoms with E-state index in [0.717, 1.165) is 12.1 Å². The lowest BCUT2D eigenvalue weighted by Gasteiger charge is -2.11. The molecule has 28 heavy (non-hydrogen) atoms. The molecule has 2 aromatic rings. The van der Waals surface area contributed by atoms with Crippen LogP contribution in [0.2, 0.25) is 0 Å². The van der Waals surface area contributed by atoms with E-state index < -0.39 is 29.6 Å². The molecule has 0 radical (unpaired) electrons. The van der Waals surface area contributed by atoms with Gasteiger partial charge in [0.05, 0.1) is 13.2 Å². The maximum atomic E-state index is 14.3. The summed E-state index contributed by atoms with van der Waals surface area (Å²) in [6, 6.07) is 5.91. The van der Waals surface area contributed by atoms with E-state index in [2.05, 4.69) is 9.47 Å². The molecule has 5 nitrogen and oxygen atoms in total. The Morgan fingerprint density at radius 1 is 1.14 bits per heavy atom. The molecule has 9 heteroatoms. The second-order valence-electron chi connectivity index (χ2n) is 5.83. The van der Waals surface area contributed by atoms with Crippen LogP contribution in [0.3, 0.4) is 0 Å². The van der Waals surface area contributed by atoms with Gasteiger partial charge in [-0.1, -0.05) is 12.1 Å². The SMILES string of the molecule is CCOC(=O)CCCOc1c(F)cc(-c2cccc3c2OC(F)(F)O3)cc1F. The van der Waals surface area contributed by atoms with Crippen LogP contribution in [0, 0.1) is 11.6 Å². The van der Waals surface area contributed by atoms with Crippen LogP contribution in [0.4, 0.5) is 17.6 Å². The van der Waals surface area contributed by atoms with Gasteiger partial charge in [0, 0.05) is 12.0 Å². The lowest BCUT2D eigenvalue weighted by atomic mass is 10.0. The van der Waals surface area contributed by atoms with E-state index in [-0.39, 0.29) is 48.7 Å². The lowest BCUT2D eigenvalue weighted by Crippen LogP contribution is -2.26. The number of alkyl halides is 2. The average Bonchev–Trinajstić information content (AvgIpc) is 2.94. The fourth-order valence-electron chi connectivity index (χ4n) is 2.67. The highest BCUT2D eigenvalue weighted by atomic mass is 19.3. The van der Waals surface area contributed by atoms with Gasteiger partial charge in [0.25, 0.3) is 0 Å². The molecule has 2 aromatic carbocycles. The molecular weight excluding hydrogens is 384 g/mol. The zero-order chi connectivity index (χ0) is 20.3. The van der Waals surface area contributed by atoms with Gasteiger partial charge in [-0.15, -0.1) is 8.78 Å². The molecule has 1 heterocycles. The highest BCUT2D eigenvalue weighted by Crippen LogP contribution is 2.47. The van der Waals surface area contributed by atoms with E-state index in [1.807, 2.05) is 0 Å². The molecule has 0 saturated carbocycles. The van der Waals surface area contributed by atoms with E-state index in [1.165, 1.54) is 18.2 Å². The first-order valence-electron chi connectivity index (χ1n) is 8.47. The Kier molecular flexibility index (Phi) is 5.62. The number of fused-ring (bicyclic) bond motifs is 1. The van der Waals surface area contributed by atoms with Gasteiger partial charge in [0.15, 0.2) is 28.9 Å². The number of para-hydroxylation sites is 1. The predicted molar refractivity (Wildman–Crippen MR) is 89.4 cm³/mol. The van der Waals surface area contributed by atoms with Crippen LogP contribution in [0.25, 0.3) is 11.1 Å². The van der Waals surface area contributed by atoms with Crippen LogP contribution in [-0.4, -0.2) is 25.5 Å². The third-order valence-electron chi connectivity index (χ3n) is 3.81. The normalized spacial score (nSPS) is 14.0. The van der Waals surface area contributed by atoms with E-state index in [0.29, 0.717) is 0 Å². The van der Waals surface area contributed by atoms with Crippen molar-refractivity contribution in [2.75, 3.05) is 13.2 Å². The van der Waals surface area contributed by atoms with Crippen molar-refractivity contribution in [2.24, 2.45) is 0 Å². The first kappa shape index (κ1) is 19.8. The number of rotatable bonds is 7. The number of carbonyl (C=O) groups is 1. The first-order chi connectivity index (χ1) is 13.3. The van der Waals surface area contributed by atoms with Gasteiger partial charge in [-0.25, -0.2) is 8.78 Å². The van der Waals surface area contributed by atoms with Gasteiger partial charge >= 0.3 is 12.3 Å². The van der Waals surface area contributed by atoms with Gasteiger partial charge in [0.1, 0.15) is 0 Å². The minimum Gasteiger partial charge on any atom is -0.488 e. The van der Waals surface area contributed by atoms with E-state index in [1.54, 1.807) is 6.92 Å². The molecule has 0 aliphatic carbocycles. The Balaban J connectivity index is 1.75. The zero-order valence-electron chi connectivity index (χ0n) is 14.8. The third kappa shape index (κ3) is 4.29. The number of carbonyl (C=O) groups excluding carboxylic acids is 1. The Hall–Kier alpha value is -2.97. The van der Waals surface area contributed by atoms with Gasteiger partial charge < -0.3 is 18.9 Å². The molecule has 150 valence electrons. The van der Waals surface area contributed by atoms with E-state index in [4.69, 9.17) is 9.47 Å². The average molecular weight is 400 g/mol. The molecule has 1 aliphatic rings. The number of benzene rings is 2. The van der Waals surface area contributed by atoms with Crippen LogP contribution in [0.5, 0.6) is 17.2 Å². The monoisotopic (exact) mass is 400 g/mol. The molecule has 0 aromatic heterocycles. The van der Waals surface area contributed by atoms with E-state index in [9.17, 15) is 22.4 Å². The van der Waals surface area contributed by atoms with Gasteiger partial charge in [-0.05, 0) is 37.1 Å². The van der Waals surface area contributed by atoms with E-state index >= 15 is 0 Å². The number of hydrogen-bond donors (Lipinski definition) is 0. The predicted octanol–water partition coefficient (Wildman–Crippen LogP) is 4.68. The fourth-order valence-corrected chi connectivity index (χ4v) is 2.67. The molecular formula is C19H16F4O5. The minimum absolute atomic E-state index is 0.0213. The maximum Gasteiger partial charge on any atom is 0.586 e. The topological polar surface area (TPSA) is 54.0 Å². The first-order valence-corrected chi connectivity index (χ1v) is 8.47. The quantitative estimate of drug-likeness (QED) is 0.384. The van der Waals surface area contributed by atoms with Crippen LogP contribution in [-0.2, 0) is 9.53 Å². The summed E-state index contributed by atoms with van der Waals surface area (Å²) in [5, 5.41) is 0. The molecule has 0 fully saturated rings. The fraction of sp³-hybridized carbons (Fsp3) is 0.316. The highest BCUT2D eigenvalue weighted by Gasteiger charge is 2.44. The Bertz CT molecular complexity index is 862. The number of hydrogen-bond acceptors (Lipinski definition) is 5. The molecule has 0 spiro atoms. The smallest absolute Gasteiger partial charge is 0.488 e. The highest BCUT2D eigenvalue weighted by molar-refractivity contribution is 5.75. The molecule has 1 aliphatic heterocycles. The van der Waals surface area contributed by atoms with Crippen molar-refractivity contribution in [3.63, 3.8) is 0 Å². The lowest BCUT2D eigenvalue weighted by molar-refractivity contribution is -0.286. The summed E-state index contributed by atoms with van der Waals surface area (Å²) >= 11 is 0. The van der Waals surface area contributed by atoms with Crippen molar-refractivity contribution >= 4 is 5.97 Å².